The van der Waals surface area contributed by atoms with E-state index < -0.39 is 0 Å². The SMILES string of the molecule is CC1CC(C)(C)CCC1NC(=O)NCCO. The molecule has 2 unspecified atom stereocenters. The van der Waals surface area contributed by atoms with E-state index in [0.717, 1.165) is 19.3 Å². The molecule has 0 saturated heterocycles. The highest BCUT2D eigenvalue weighted by Crippen LogP contribution is 2.38. The summed E-state index contributed by atoms with van der Waals surface area (Å²) in [7, 11) is 0. The predicted octanol–water partition coefficient (Wildman–Crippen LogP) is 1.49. The minimum atomic E-state index is -0.161. The van der Waals surface area contributed by atoms with Gasteiger partial charge in [0, 0.05) is 12.6 Å². The smallest absolute Gasteiger partial charge is 0.315 e. The van der Waals surface area contributed by atoms with Gasteiger partial charge in [-0.15, -0.1) is 0 Å². The van der Waals surface area contributed by atoms with Crippen molar-refractivity contribution in [3.05, 3.63) is 0 Å². The number of amides is 2. The Bertz CT molecular complexity index is 241. The quantitative estimate of drug-likeness (QED) is 0.685. The molecule has 0 aromatic carbocycles. The van der Waals surface area contributed by atoms with Crippen molar-refractivity contribution in [2.75, 3.05) is 13.2 Å². The minimum Gasteiger partial charge on any atom is -0.395 e. The highest BCUT2D eigenvalue weighted by molar-refractivity contribution is 5.74. The first-order valence-electron chi connectivity index (χ1n) is 6.10. The molecule has 1 aliphatic rings. The number of rotatable bonds is 3. The Morgan fingerprint density at radius 3 is 2.75 bits per heavy atom. The van der Waals surface area contributed by atoms with Gasteiger partial charge in [0.2, 0.25) is 0 Å². The van der Waals surface area contributed by atoms with Gasteiger partial charge in [-0.3, -0.25) is 0 Å². The fourth-order valence-corrected chi connectivity index (χ4v) is 2.55. The lowest BCUT2D eigenvalue weighted by atomic mass is 9.70. The van der Waals surface area contributed by atoms with E-state index in [1.807, 2.05) is 0 Å². The van der Waals surface area contributed by atoms with Crippen LogP contribution in [0.4, 0.5) is 4.79 Å². The lowest BCUT2D eigenvalue weighted by molar-refractivity contribution is 0.149. The number of aliphatic hydroxyl groups excluding tert-OH is 1. The van der Waals surface area contributed by atoms with Crippen molar-refractivity contribution in [3.63, 3.8) is 0 Å². The van der Waals surface area contributed by atoms with Crippen LogP contribution >= 0.6 is 0 Å². The van der Waals surface area contributed by atoms with Gasteiger partial charge < -0.3 is 15.7 Å². The summed E-state index contributed by atoms with van der Waals surface area (Å²) in [6, 6.07) is 0.109. The maximum Gasteiger partial charge on any atom is 0.315 e. The van der Waals surface area contributed by atoms with Crippen molar-refractivity contribution in [1.82, 2.24) is 10.6 Å². The predicted molar refractivity (Wildman–Crippen MR) is 64.2 cm³/mol. The number of carbonyl (C=O) groups excluding carboxylic acids is 1. The molecule has 4 nitrogen and oxygen atoms in total. The first-order valence-corrected chi connectivity index (χ1v) is 6.10. The summed E-state index contributed by atoms with van der Waals surface area (Å²) in [5, 5.41) is 14.2. The molecule has 94 valence electrons. The second-order valence-electron chi connectivity index (χ2n) is 5.61. The number of urea groups is 1. The van der Waals surface area contributed by atoms with Gasteiger partial charge >= 0.3 is 6.03 Å². The Kier molecular flexibility index (Phi) is 4.59. The lowest BCUT2D eigenvalue weighted by Crippen LogP contribution is -2.48. The van der Waals surface area contributed by atoms with E-state index in [1.54, 1.807) is 0 Å². The van der Waals surface area contributed by atoms with E-state index in [2.05, 4.69) is 31.4 Å². The topological polar surface area (TPSA) is 61.4 Å². The first kappa shape index (κ1) is 13.3. The molecule has 1 rings (SSSR count). The fraction of sp³-hybridized carbons (Fsp3) is 0.917. The lowest BCUT2D eigenvalue weighted by Gasteiger charge is -2.39. The van der Waals surface area contributed by atoms with E-state index in [1.165, 1.54) is 0 Å². The zero-order valence-electron chi connectivity index (χ0n) is 10.5. The molecule has 1 saturated carbocycles. The molecule has 0 aromatic rings. The summed E-state index contributed by atoms with van der Waals surface area (Å²) in [5.41, 5.74) is 0.402. The molecule has 2 atom stereocenters. The molecule has 0 bridgehead atoms. The highest BCUT2D eigenvalue weighted by atomic mass is 16.3. The van der Waals surface area contributed by atoms with Crippen LogP contribution < -0.4 is 10.6 Å². The van der Waals surface area contributed by atoms with E-state index in [4.69, 9.17) is 5.11 Å². The Morgan fingerprint density at radius 2 is 2.19 bits per heavy atom. The van der Waals surface area contributed by atoms with Crippen LogP contribution in [0, 0.1) is 11.3 Å². The van der Waals surface area contributed by atoms with Crippen LogP contribution in [0.25, 0.3) is 0 Å². The molecule has 0 spiro atoms. The van der Waals surface area contributed by atoms with Crippen molar-refractivity contribution in [1.29, 1.82) is 0 Å². The summed E-state index contributed by atoms with van der Waals surface area (Å²) in [6.07, 6.45) is 3.35. The Balaban J connectivity index is 2.35. The van der Waals surface area contributed by atoms with E-state index >= 15 is 0 Å². The third-order valence-electron chi connectivity index (χ3n) is 3.41. The summed E-state index contributed by atoms with van der Waals surface area (Å²) >= 11 is 0. The highest BCUT2D eigenvalue weighted by Gasteiger charge is 2.32. The molecule has 1 fully saturated rings. The molecular formula is C12H24N2O2. The van der Waals surface area contributed by atoms with E-state index in [0.29, 0.717) is 17.9 Å². The molecule has 0 heterocycles. The number of aliphatic hydroxyl groups is 1. The molecular weight excluding hydrogens is 204 g/mol. The standard InChI is InChI=1S/C12H24N2O2/c1-9-8-12(2,3)5-4-10(9)14-11(16)13-6-7-15/h9-10,15H,4-8H2,1-3H3,(H2,13,14,16). The van der Waals surface area contributed by atoms with Gasteiger partial charge in [0.15, 0.2) is 0 Å². The zero-order chi connectivity index (χ0) is 12.2. The molecule has 0 aromatic heterocycles. The summed E-state index contributed by atoms with van der Waals surface area (Å²) in [6.45, 7) is 7.06. The van der Waals surface area contributed by atoms with Crippen LogP contribution in [0.5, 0.6) is 0 Å². The largest absolute Gasteiger partial charge is 0.395 e. The second kappa shape index (κ2) is 5.53. The van der Waals surface area contributed by atoms with Gasteiger partial charge in [0.05, 0.1) is 6.61 Å². The fourth-order valence-electron chi connectivity index (χ4n) is 2.55. The van der Waals surface area contributed by atoms with Crippen molar-refractivity contribution in [3.8, 4) is 0 Å². The Hall–Kier alpha value is -0.770. The first-order chi connectivity index (χ1) is 7.44. The van der Waals surface area contributed by atoms with Crippen molar-refractivity contribution < 1.29 is 9.90 Å². The molecule has 0 aliphatic heterocycles. The van der Waals surface area contributed by atoms with Gasteiger partial charge in [0.1, 0.15) is 0 Å². The van der Waals surface area contributed by atoms with Crippen LogP contribution in [0.1, 0.15) is 40.0 Å². The molecule has 16 heavy (non-hydrogen) atoms. The van der Waals surface area contributed by atoms with Gasteiger partial charge in [-0.25, -0.2) is 4.79 Å². The minimum absolute atomic E-state index is 0.0132. The van der Waals surface area contributed by atoms with Crippen molar-refractivity contribution in [2.45, 2.75) is 46.1 Å². The van der Waals surface area contributed by atoms with E-state index in [9.17, 15) is 4.79 Å². The van der Waals surface area contributed by atoms with Crippen LogP contribution in [-0.4, -0.2) is 30.3 Å². The summed E-state index contributed by atoms with van der Waals surface area (Å²) < 4.78 is 0. The maximum atomic E-state index is 11.4. The van der Waals surface area contributed by atoms with Crippen molar-refractivity contribution >= 4 is 6.03 Å². The zero-order valence-corrected chi connectivity index (χ0v) is 10.5. The number of nitrogens with one attached hydrogen (secondary N) is 2. The van der Waals surface area contributed by atoms with Gasteiger partial charge in [0.25, 0.3) is 0 Å². The average Bonchev–Trinajstić information content (AvgIpc) is 2.18. The van der Waals surface area contributed by atoms with Crippen LogP contribution in [-0.2, 0) is 0 Å². The van der Waals surface area contributed by atoms with Gasteiger partial charge in [-0.2, -0.15) is 0 Å². The number of hydrogen-bond acceptors (Lipinski definition) is 2. The monoisotopic (exact) mass is 228 g/mol. The normalized spacial score (nSPS) is 28.5. The molecule has 3 N–H and O–H groups in total. The summed E-state index contributed by atoms with van der Waals surface area (Å²) in [5.74, 6) is 0.517. The number of hydrogen-bond donors (Lipinski definition) is 3. The Labute approximate surface area is 97.8 Å². The number of carbonyl (C=O) groups is 1. The maximum absolute atomic E-state index is 11.4. The molecule has 1 aliphatic carbocycles. The average molecular weight is 228 g/mol. The van der Waals surface area contributed by atoms with Gasteiger partial charge in [-0.05, 0) is 30.6 Å². The summed E-state index contributed by atoms with van der Waals surface area (Å²) in [4.78, 5) is 11.4. The molecule has 0 radical (unpaired) electrons. The third kappa shape index (κ3) is 4.00. The second-order valence-corrected chi connectivity index (χ2v) is 5.61. The van der Waals surface area contributed by atoms with Crippen molar-refractivity contribution in [2.24, 2.45) is 11.3 Å². The van der Waals surface area contributed by atoms with Gasteiger partial charge in [-0.1, -0.05) is 20.8 Å². The van der Waals surface area contributed by atoms with Crippen LogP contribution in [0.2, 0.25) is 0 Å². The van der Waals surface area contributed by atoms with E-state index in [-0.39, 0.29) is 18.7 Å². The van der Waals surface area contributed by atoms with Crippen LogP contribution in [0.3, 0.4) is 0 Å². The molecule has 4 heteroatoms. The Morgan fingerprint density at radius 1 is 1.50 bits per heavy atom. The molecule has 2 amide bonds. The van der Waals surface area contributed by atoms with Crippen LogP contribution in [0.15, 0.2) is 0 Å². The third-order valence-corrected chi connectivity index (χ3v) is 3.41.